The Morgan fingerprint density at radius 1 is 1.21 bits per heavy atom. The summed E-state index contributed by atoms with van der Waals surface area (Å²) in [7, 11) is -4.12. The molecule has 0 aliphatic carbocycles. The molecule has 2 aromatic carbocycles. The van der Waals surface area contributed by atoms with E-state index in [1.165, 1.54) is 30.3 Å². The van der Waals surface area contributed by atoms with Gasteiger partial charge in [-0.1, -0.05) is 24.3 Å². The number of carboxylic acid groups (broad SMARTS) is 1. The van der Waals surface area contributed by atoms with Crippen molar-refractivity contribution in [2.45, 2.75) is 4.90 Å². The summed E-state index contributed by atoms with van der Waals surface area (Å²) in [6.07, 6.45) is 1.04. The number of nitrogens with zero attached hydrogens (tertiary/aromatic N) is 2. The first kappa shape index (κ1) is 17.1. The van der Waals surface area contributed by atoms with Crippen LogP contribution in [0, 0.1) is 10.1 Å². The fourth-order valence-electron chi connectivity index (χ4n) is 1.79. The minimum absolute atomic E-state index is 0.0456. The summed E-state index contributed by atoms with van der Waals surface area (Å²) in [5, 5.41) is 23.2. The molecule has 0 bridgehead atoms. The van der Waals surface area contributed by atoms with Gasteiger partial charge in [0.25, 0.3) is 15.7 Å². The summed E-state index contributed by atoms with van der Waals surface area (Å²) in [4.78, 5) is 22.6. The van der Waals surface area contributed by atoms with E-state index in [4.69, 9.17) is 5.11 Å². The Balaban J connectivity index is 2.23. The van der Waals surface area contributed by atoms with Crippen LogP contribution in [0.5, 0.6) is 0 Å². The van der Waals surface area contributed by atoms with Crippen molar-refractivity contribution in [2.75, 3.05) is 0 Å². The first-order valence-corrected chi connectivity index (χ1v) is 7.91. The molecule has 2 rings (SSSR count). The van der Waals surface area contributed by atoms with E-state index in [1.54, 1.807) is 6.07 Å². The molecule has 0 aromatic heterocycles. The molecular formula is C14H11N3O6S. The molecule has 10 heteroatoms. The average Bonchev–Trinajstić information content (AvgIpc) is 2.55. The van der Waals surface area contributed by atoms with Gasteiger partial charge in [0.2, 0.25) is 0 Å². The normalized spacial score (nSPS) is 11.3. The molecule has 0 heterocycles. The van der Waals surface area contributed by atoms with E-state index in [1.807, 2.05) is 4.83 Å². The summed E-state index contributed by atoms with van der Waals surface area (Å²) in [6.45, 7) is 0. The SMILES string of the molecule is O=C(O)c1ccccc1/C=N/NS(=O)(=O)c1cccc([N+](=O)[O-])c1. The van der Waals surface area contributed by atoms with Crippen molar-refractivity contribution in [1.82, 2.24) is 4.83 Å². The minimum atomic E-state index is -4.12. The van der Waals surface area contributed by atoms with Crippen LogP contribution >= 0.6 is 0 Å². The lowest BCUT2D eigenvalue weighted by molar-refractivity contribution is -0.385. The van der Waals surface area contributed by atoms with Crippen LogP contribution in [-0.4, -0.2) is 30.6 Å². The number of nitro benzene ring substituents is 1. The lowest BCUT2D eigenvalue weighted by Gasteiger charge is -2.03. The lowest BCUT2D eigenvalue weighted by atomic mass is 10.1. The number of nitrogens with one attached hydrogen (secondary N) is 1. The van der Waals surface area contributed by atoms with E-state index in [9.17, 15) is 23.3 Å². The summed E-state index contributed by atoms with van der Waals surface area (Å²) < 4.78 is 24.1. The Bertz CT molecular complexity index is 924. The smallest absolute Gasteiger partial charge is 0.336 e. The third-order valence-electron chi connectivity index (χ3n) is 2.91. The summed E-state index contributed by atoms with van der Waals surface area (Å²) in [5.74, 6) is -1.18. The van der Waals surface area contributed by atoms with Crippen molar-refractivity contribution in [3.05, 3.63) is 69.8 Å². The Morgan fingerprint density at radius 2 is 1.92 bits per heavy atom. The van der Waals surface area contributed by atoms with E-state index in [2.05, 4.69) is 5.10 Å². The Kier molecular flexibility index (Phi) is 4.90. The second-order valence-electron chi connectivity index (χ2n) is 4.50. The summed E-state index contributed by atoms with van der Waals surface area (Å²) in [6, 6.07) is 10.4. The fourth-order valence-corrected chi connectivity index (χ4v) is 2.62. The monoisotopic (exact) mass is 349 g/mol. The number of non-ortho nitro benzene ring substituents is 1. The quantitative estimate of drug-likeness (QED) is 0.461. The molecule has 2 N–H and O–H groups in total. The maximum atomic E-state index is 12.1. The number of hydrogen-bond donors (Lipinski definition) is 2. The first-order chi connectivity index (χ1) is 11.3. The van der Waals surface area contributed by atoms with Crippen molar-refractivity contribution >= 4 is 27.9 Å². The van der Waals surface area contributed by atoms with Crippen LogP contribution < -0.4 is 4.83 Å². The largest absolute Gasteiger partial charge is 0.478 e. The second kappa shape index (κ2) is 6.87. The number of benzene rings is 2. The Hall–Kier alpha value is -3.27. The molecule has 2 aromatic rings. The zero-order valence-electron chi connectivity index (χ0n) is 12.0. The molecule has 0 saturated heterocycles. The summed E-state index contributed by atoms with van der Waals surface area (Å²) in [5.41, 5.74) is -0.222. The van der Waals surface area contributed by atoms with Crippen molar-refractivity contribution in [1.29, 1.82) is 0 Å². The molecule has 0 amide bonds. The maximum absolute atomic E-state index is 12.1. The number of hydrazone groups is 1. The van der Waals surface area contributed by atoms with Crippen LogP contribution in [0.15, 0.2) is 58.5 Å². The molecule has 0 saturated carbocycles. The molecule has 0 fully saturated rings. The zero-order chi connectivity index (χ0) is 17.7. The van der Waals surface area contributed by atoms with Gasteiger partial charge in [0.15, 0.2) is 0 Å². The van der Waals surface area contributed by atoms with Gasteiger partial charge in [-0.15, -0.1) is 0 Å². The molecular weight excluding hydrogens is 338 g/mol. The van der Waals surface area contributed by atoms with Gasteiger partial charge in [-0.25, -0.2) is 9.63 Å². The number of nitro groups is 1. The molecule has 9 nitrogen and oxygen atoms in total. The van der Waals surface area contributed by atoms with Gasteiger partial charge in [-0.05, 0) is 12.1 Å². The summed E-state index contributed by atoms with van der Waals surface area (Å²) >= 11 is 0. The molecule has 0 aliphatic rings. The second-order valence-corrected chi connectivity index (χ2v) is 6.16. The van der Waals surface area contributed by atoms with Crippen LogP contribution in [0.1, 0.15) is 15.9 Å². The van der Waals surface area contributed by atoms with Gasteiger partial charge in [-0.3, -0.25) is 10.1 Å². The fraction of sp³-hybridized carbons (Fsp3) is 0. The molecule has 0 aliphatic heterocycles. The number of sulfonamides is 1. The van der Waals surface area contributed by atoms with Crippen LogP contribution in [0.4, 0.5) is 5.69 Å². The van der Waals surface area contributed by atoms with Crippen molar-refractivity contribution in [3.63, 3.8) is 0 Å². The number of aromatic carboxylic acids is 1. The maximum Gasteiger partial charge on any atom is 0.336 e. The molecule has 0 atom stereocenters. The molecule has 0 unspecified atom stereocenters. The highest BCUT2D eigenvalue weighted by molar-refractivity contribution is 7.89. The molecule has 0 radical (unpaired) electrons. The average molecular weight is 349 g/mol. The third kappa shape index (κ3) is 3.93. The topological polar surface area (TPSA) is 139 Å². The van der Waals surface area contributed by atoms with Crippen LogP contribution in [0.2, 0.25) is 0 Å². The van der Waals surface area contributed by atoms with Gasteiger partial charge in [-0.2, -0.15) is 13.5 Å². The van der Waals surface area contributed by atoms with Crippen molar-refractivity contribution in [2.24, 2.45) is 5.10 Å². The Labute approximate surface area is 136 Å². The Morgan fingerprint density at radius 3 is 2.58 bits per heavy atom. The lowest BCUT2D eigenvalue weighted by Crippen LogP contribution is -2.18. The van der Waals surface area contributed by atoms with E-state index in [0.29, 0.717) is 0 Å². The highest BCUT2D eigenvalue weighted by Gasteiger charge is 2.16. The molecule has 0 spiro atoms. The highest BCUT2D eigenvalue weighted by atomic mass is 32.2. The van der Waals surface area contributed by atoms with Crippen LogP contribution in [-0.2, 0) is 10.0 Å². The highest BCUT2D eigenvalue weighted by Crippen LogP contribution is 2.17. The van der Waals surface area contributed by atoms with Crippen LogP contribution in [0.25, 0.3) is 0 Å². The van der Waals surface area contributed by atoms with Crippen molar-refractivity contribution < 1.29 is 23.2 Å². The van der Waals surface area contributed by atoms with E-state index in [-0.39, 0.29) is 21.7 Å². The van der Waals surface area contributed by atoms with E-state index >= 15 is 0 Å². The molecule has 124 valence electrons. The number of hydrogen-bond acceptors (Lipinski definition) is 6. The van der Waals surface area contributed by atoms with Gasteiger partial charge in [0.05, 0.1) is 21.6 Å². The molecule has 24 heavy (non-hydrogen) atoms. The predicted molar refractivity (Wildman–Crippen MR) is 84.4 cm³/mol. The number of carbonyl (C=O) groups is 1. The third-order valence-corrected chi connectivity index (χ3v) is 4.13. The van der Waals surface area contributed by atoms with Gasteiger partial charge < -0.3 is 5.11 Å². The van der Waals surface area contributed by atoms with Gasteiger partial charge in [0, 0.05) is 17.7 Å². The van der Waals surface area contributed by atoms with Gasteiger partial charge >= 0.3 is 5.97 Å². The van der Waals surface area contributed by atoms with Gasteiger partial charge in [0.1, 0.15) is 0 Å². The van der Waals surface area contributed by atoms with Crippen LogP contribution in [0.3, 0.4) is 0 Å². The number of rotatable bonds is 6. The van der Waals surface area contributed by atoms with E-state index in [0.717, 1.165) is 18.3 Å². The first-order valence-electron chi connectivity index (χ1n) is 6.43. The predicted octanol–water partition coefficient (Wildman–Crippen LogP) is 1.61. The zero-order valence-corrected chi connectivity index (χ0v) is 12.8. The van der Waals surface area contributed by atoms with E-state index < -0.39 is 20.9 Å². The standard InChI is InChI=1S/C14H11N3O6S/c18-14(19)13-7-2-1-4-10(13)9-15-16-24(22,23)12-6-3-5-11(8-12)17(20)21/h1-9,16H,(H,18,19)/b15-9+. The number of carboxylic acids is 1. The minimum Gasteiger partial charge on any atom is -0.478 e. The van der Waals surface area contributed by atoms with Crippen molar-refractivity contribution in [3.8, 4) is 0 Å².